The highest BCUT2D eigenvalue weighted by Gasteiger charge is 2.35. The molecule has 7 heteroatoms. The number of likely N-dealkylation sites (tertiary alicyclic amines) is 1. The maximum absolute atomic E-state index is 13.0. The van der Waals surface area contributed by atoms with Crippen LogP contribution in [0.5, 0.6) is 0 Å². The molecule has 1 atom stereocenters. The highest BCUT2D eigenvalue weighted by atomic mass is 19.4. The summed E-state index contributed by atoms with van der Waals surface area (Å²) in [5.41, 5.74) is 0.885. The molecule has 1 heterocycles. The Kier molecular flexibility index (Phi) is 4.41. The van der Waals surface area contributed by atoms with Crippen molar-refractivity contribution in [2.75, 3.05) is 12.0 Å². The maximum Gasteiger partial charge on any atom is 0.418 e. The first-order valence-corrected chi connectivity index (χ1v) is 6.87. The van der Waals surface area contributed by atoms with Gasteiger partial charge in [0, 0.05) is 18.2 Å². The predicted octanol–water partition coefficient (Wildman–Crippen LogP) is 3.01. The number of nitrogens with zero attached hydrogens (tertiary/aromatic N) is 1. The van der Waals surface area contributed by atoms with E-state index < -0.39 is 11.7 Å². The quantitative estimate of drug-likeness (QED) is 0.666. The highest BCUT2D eigenvalue weighted by molar-refractivity contribution is 5.95. The minimum absolute atomic E-state index is 0.0432. The molecule has 0 aromatic heterocycles. The number of anilines is 1. The summed E-state index contributed by atoms with van der Waals surface area (Å²) in [6.45, 7) is 2.56. The Hall–Kier alpha value is -1.76. The molecule has 21 heavy (non-hydrogen) atoms. The van der Waals surface area contributed by atoms with Gasteiger partial charge in [0.15, 0.2) is 0 Å². The number of amides is 1. The van der Waals surface area contributed by atoms with E-state index in [1.807, 2.05) is 12.3 Å². The Balaban J connectivity index is 2.34. The molecule has 3 N–H and O–H groups in total. The molecule has 1 aliphatic heterocycles. The Bertz CT molecular complexity index is 531. The fourth-order valence-corrected chi connectivity index (χ4v) is 2.73. The summed E-state index contributed by atoms with van der Waals surface area (Å²) in [4.78, 5) is 14.1. The molecule has 1 unspecified atom stereocenters. The van der Waals surface area contributed by atoms with Crippen LogP contribution in [0.3, 0.4) is 0 Å². The van der Waals surface area contributed by atoms with Crippen LogP contribution in [0.4, 0.5) is 18.9 Å². The molecule has 1 aliphatic rings. The first kappa shape index (κ1) is 15.6. The zero-order chi connectivity index (χ0) is 15.6. The number of rotatable bonds is 3. The maximum atomic E-state index is 13.0. The summed E-state index contributed by atoms with van der Waals surface area (Å²) in [5, 5.41) is 0. The fourth-order valence-electron chi connectivity index (χ4n) is 2.73. The van der Waals surface area contributed by atoms with Crippen molar-refractivity contribution < 1.29 is 18.0 Å². The van der Waals surface area contributed by atoms with Gasteiger partial charge in [0.25, 0.3) is 5.91 Å². The van der Waals surface area contributed by atoms with Crippen LogP contribution in [-0.4, -0.2) is 23.4 Å². The third kappa shape index (κ3) is 3.12. The van der Waals surface area contributed by atoms with Gasteiger partial charge in [-0.1, -0.05) is 6.92 Å². The zero-order valence-electron chi connectivity index (χ0n) is 11.7. The van der Waals surface area contributed by atoms with E-state index in [0.29, 0.717) is 6.54 Å². The molecule has 1 aromatic rings. The van der Waals surface area contributed by atoms with Gasteiger partial charge in [-0.3, -0.25) is 10.6 Å². The third-order valence-corrected chi connectivity index (χ3v) is 3.84. The average Bonchev–Trinajstić information content (AvgIpc) is 2.93. The molecule has 1 fully saturated rings. The monoisotopic (exact) mass is 301 g/mol. The number of hydrogen-bond acceptors (Lipinski definition) is 3. The smallest absolute Gasteiger partial charge is 0.336 e. The number of alkyl halides is 3. The van der Waals surface area contributed by atoms with E-state index in [0.717, 1.165) is 25.3 Å². The van der Waals surface area contributed by atoms with Gasteiger partial charge < -0.3 is 10.3 Å². The fraction of sp³-hybridized carbons (Fsp3) is 0.500. The standard InChI is InChI=1S/C14H18F3N3O/c1-2-10-4-3-7-20(10)13(21)9-5-6-12(19-18)11(8-9)14(15,16)17/h5-6,8,10,19H,2-4,7,18H2,1H3. The predicted molar refractivity (Wildman–Crippen MR) is 73.6 cm³/mol. The topological polar surface area (TPSA) is 58.4 Å². The number of hydrogen-bond donors (Lipinski definition) is 2. The van der Waals surface area contributed by atoms with Gasteiger partial charge in [0.2, 0.25) is 0 Å². The summed E-state index contributed by atoms with van der Waals surface area (Å²) in [7, 11) is 0. The summed E-state index contributed by atoms with van der Waals surface area (Å²) in [6.07, 6.45) is -1.97. The van der Waals surface area contributed by atoms with Crippen LogP contribution in [0.1, 0.15) is 42.1 Å². The number of halogens is 3. The molecular weight excluding hydrogens is 283 g/mol. The molecule has 1 amide bonds. The van der Waals surface area contributed by atoms with Crippen LogP contribution >= 0.6 is 0 Å². The van der Waals surface area contributed by atoms with Gasteiger partial charge in [0.1, 0.15) is 0 Å². The molecule has 0 radical (unpaired) electrons. The molecule has 1 aromatic carbocycles. The lowest BCUT2D eigenvalue weighted by atomic mass is 10.1. The number of benzene rings is 1. The van der Waals surface area contributed by atoms with Gasteiger partial charge >= 0.3 is 6.18 Å². The van der Waals surface area contributed by atoms with Crippen molar-refractivity contribution in [2.45, 2.75) is 38.4 Å². The van der Waals surface area contributed by atoms with E-state index in [1.54, 1.807) is 4.90 Å². The second-order valence-electron chi connectivity index (χ2n) is 5.11. The van der Waals surface area contributed by atoms with Crippen LogP contribution in [0.2, 0.25) is 0 Å². The first-order valence-electron chi connectivity index (χ1n) is 6.87. The van der Waals surface area contributed by atoms with Gasteiger partial charge in [-0.15, -0.1) is 0 Å². The van der Waals surface area contributed by atoms with E-state index in [1.165, 1.54) is 12.1 Å². The minimum atomic E-state index is -4.56. The Morgan fingerprint density at radius 1 is 1.48 bits per heavy atom. The molecule has 2 rings (SSSR count). The molecule has 4 nitrogen and oxygen atoms in total. The lowest BCUT2D eigenvalue weighted by Gasteiger charge is -2.24. The van der Waals surface area contributed by atoms with E-state index in [4.69, 9.17) is 5.84 Å². The number of nitrogen functional groups attached to an aromatic ring is 1. The van der Waals surface area contributed by atoms with Crippen molar-refractivity contribution in [1.29, 1.82) is 0 Å². The van der Waals surface area contributed by atoms with Crippen molar-refractivity contribution in [2.24, 2.45) is 5.84 Å². The van der Waals surface area contributed by atoms with Crippen LogP contribution < -0.4 is 11.3 Å². The van der Waals surface area contributed by atoms with Gasteiger partial charge in [0.05, 0.1) is 11.3 Å². The molecule has 0 saturated carbocycles. The Morgan fingerprint density at radius 3 is 2.76 bits per heavy atom. The Labute approximate surface area is 121 Å². The number of hydrazine groups is 1. The van der Waals surface area contributed by atoms with Crippen LogP contribution in [-0.2, 0) is 6.18 Å². The number of carbonyl (C=O) groups excluding carboxylic acids is 1. The summed E-state index contributed by atoms with van der Waals surface area (Å²) >= 11 is 0. The van der Waals surface area contributed by atoms with Gasteiger partial charge in [-0.25, -0.2) is 0 Å². The van der Waals surface area contributed by atoms with Gasteiger partial charge in [-0.2, -0.15) is 13.2 Å². The van der Waals surface area contributed by atoms with Crippen LogP contribution in [0, 0.1) is 0 Å². The Morgan fingerprint density at radius 2 is 2.19 bits per heavy atom. The lowest BCUT2D eigenvalue weighted by Crippen LogP contribution is -2.35. The zero-order valence-corrected chi connectivity index (χ0v) is 11.7. The normalized spacial score (nSPS) is 18.9. The van der Waals surface area contributed by atoms with E-state index in [9.17, 15) is 18.0 Å². The SMILES string of the molecule is CCC1CCCN1C(=O)c1ccc(NN)c(C(F)(F)F)c1. The van der Waals surface area contributed by atoms with Crippen molar-refractivity contribution >= 4 is 11.6 Å². The van der Waals surface area contributed by atoms with Crippen molar-refractivity contribution in [3.8, 4) is 0 Å². The van der Waals surface area contributed by atoms with Crippen molar-refractivity contribution in [3.05, 3.63) is 29.3 Å². The molecule has 1 saturated heterocycles. The number of nitrogens with one attached hydrogen (secondary N) is 1. The molecule has 0 aliphatic carbocycles. The molecule has 0 spiro atoms. The van der Waals surface area contributed by atoms with E-state index in [-0.39, 0.29) is 23.2 Å². The van der Waals surface area contributed by atoms with E-state index in [2.05, 4.69) is 0 Å². The number of carbonyl (C=O) groups is 1. The van der Waals surface area contributed by atoms with Crippen LogP contribution in [0.15, 0.2) is 18.2 Å². The second-order valence-corrected chi connectivity index (χ2v) is 5.11. The average molecular weight is 301 g/mol. The third-order valence-electron chi connectivity index (χ3n) is 3.84. The van der Waals surface area contributed by atoms with Crippen molar-refractivity contribution in [1.82, 2.24) is 4.90 Å². The second kappa shape index (κ2) is 5.93. The minimum Gasteiger partial charge on any atom is -0.336 e. The summed E-state index contributed by atoms with van der Waals surface area (Å²) in [6, 6.07) is 3.53. The lowest BCUT2D eigenvalue weighted by molar-refractivity contribution is -0.137. The number of nitrogens with two attached hydrogens (primary N) is 1. The molecule has 0 bridgehead atoms. The first-order chi connectivity index (χ1) is 9.88. The molecule has 116 valence electrons. The largest absolute Gasteiger partial charge is 0.418 e. The van der Waals surface area contributed by atoms with Crippen LogP contribution in [0.25, 0.3) is 0 Å². The van der Waals surface area contributed by atoms with Crippen molar-refractivity contribution in [3.63, 3.8) is 0 Å². The highest BCUT2D eigenvalue weighted by Crippen LogP contribution is 2.35. The summed E-state index contributed by atoms with van der Waals surface area (Å²) in [5.74, 6) is 4.74. The van der Waals surface area contributed by atoms with E-state index >= 15 is 0 Å². The summed E-state index contributed by atoms with van der Waals surface area (Å²) < 4.78 is 38.9. The van der Waals surface area contributed by atoms with Gasteiger partial charge in [-0.05, 0) is 37.5 Å². The molecular formula is C14H18F3N3O.